The zero-order valence-corrected chi connectivity index (χ0v) is 39.3. The van der Waals surface area contributed by atoms with E-state index in [9.17, 15) is 15.0 Å². The van der Waals surface area contributed by atoms with Gasteiger partial charge in [-0.3, -0.25) is 9.63 Å². The number of nitrogens with one attached hydrogen (secondary N) is 1. The van der Waals surface area contributed by atoms with Gasteiger partial charge in [-0.2, -0.15) is 0 Å². The molecular formula is C49H75NO13. The van der Waals surface area contributed by atoms with Gasteiger partial charge in [-0.15, -0.1) is 0 Å². The van der Waals surface area contributed by atoms with E-state index in [-0.39, 0.29) is 79.1 Å². The van der Waals surface area contributed by atoms with Crippen LogP contribution in [0.1, 0.15) is 93.9 Å². The van der Waals surface area contributed by atoms with Gasteiger partial charge in [0.2, 0.25) is 0 Å². The number of methoxy groups -OCH3 is 2. The lowest BCUT2D eigenvalue weighted by atomic mass is 9.71. The van der Waals surface area contributed by atoms with Crippen molar-refractivity contribution in [2.75, 3.05) is 27.9 Å². The van der Waals surface area contributed by atoms with E-state index in [1.807, 2.05) is 25.2 Å². The Hall–Kier alpha value is -2.31. The van der Waals surface area contributed by atoms with Gasteiger partial charge in [-0.1, -0.05) is 70.6 Å². The summed E-state index contributed by atoms with van der Waals surface area (Å²) < 4.78 is 58.7. The highest BCUT2D eigenvalue weighted by atomic mass is 16.7. The molecule has 6 heterocycles. The Bertz CT molecular complexity index is 1750. The summed E-state index contributed by atoms with van der Waals surface area (Å²) in [5, 5.41) is 23.8. The number of rotatable bonds is 9. The first-order valence-electron chi connectivity index (χ1n) is 23.4. The van der Waals surface area contributed by atoms with Crippen molar-refractivity contribution in [3.05, 3.63) is 59.3 Å². The van der Waals surface area contributed by atoms with Gasteiger partial charge in [0.05, 0.1) is 55.4 Å². The third-order valence-corrected chi connectivity index (χ3v) is 15.1. The molecular weight excluding hydrogens is 811 g/mol. The molecule has 0 aromatic carbocycles. The molecule has 14 heteroatoms. The second-order valence-corrected chi connectivity index (χ2v) is 19.3. The van der Waals surface area contributed by atoms with Crippen LogP contribution in [0.2, 0.25) is 0 Å². The highest BCUT2D eigenvalue weighted by Gasteiger charge is 2.60. The molecule has 4 saturated heterocycles. The van der Waals surface area contributed by atoms with E-state index < -0.39 is 54.0 Å². The van der Waals surface area contributed by atoms with Gasteiger partial charge in [0, 0.05) is 64.7 Å². The summed E-state index contributed by atoms with van der Waals surface area (Å²) in [6.45, 7) is 16.5. The van der Waals surface area contributed by atoms with Gasteiger partial charge in [0.25, 0.3) is 0 Å². The van der Waals surface area contributed by atoms with E-state index in [0.717, 1.165) is 12.0 Å². The van der Waals surface area contributed by atoms with Crippen molar-refractivity contribution in [2.24, 2.45) is 29.6 Å². The van der Waals surface area contributed by atoms with Crippen molar-refractivity contribution in [2.45, 2.75) is 185 Å². The van der Waals surface area contributed by atoms with Gasteiger partial charge in [0.15, 0.2) is 12.1 Å². The fourth-order valence-corrected chi connectivity index (χ4v) is 11.3. The van der Waals surface area contributed by atoms with Crippen molar-refractivity contribution < 1.29 is 62.5 Å². The van der Waals surface area contributed by atoms with Crippen molar-refractivity contribution >= 4 is 5.97 Å². The zero-order valence-electron chi connectivity index (χ0n) is 39.3. The molecule has 7 rings (SSSR count). The van der Waals surface area contributed by atoms with Crippen molar-refractivity contribution in [1.82, 2.24) is 5.48 Å². The number of hydroxylamine groups is 1. The largest absolute Gasteiger partial charge is 0.462 e. The molecule has 6 aliphatic heterocycles. The first-order valence-corrected chi connectivity index (χ1v) is 23.4. The van der Waals surface area contributed by atoms with Crippen LogP contribution in [-0.4, -0.2) is 135 Å². The molecule has 2 bridgehead atoms. The van der Waals surface area contributed by atoms with Gasteiger partial charge < -0.3 is 52.8 Å². The van der Waals surface area contributed by atoms with Crippen LogP contribution in [0.15, 0.2) is 59.3 Å². The van der Waals surface area contributed by atoms with Gasteiger partial charge in [0.1, 0.15) is 35.9 Å². The smallest absolute Gasteiger partial charge is 0.316 e. The Morgan fingerprint density at radius 1 is 0.952 bits per heavy atom. The number of esters is 1. The first kappa shape index (κ1) is 48.6. The Morgan fingerprint density at radius 3 is 2.43 bits per heavy atom. The molecule has 2 unspecified atom stereocenters. The number of hydrogen-bond donors (Lipinski definition) is 3. The standard InChI is InChI=1S/C49H75NO13/c1-12-26(2)44-29(5)18-19-48(62-44)24-35-21-34(61-48)17-16-28(4)43(27(3)14-13-15-33-25-56-46-42(51)30(6)20-36(47(52)59-35)49(33,46)53)60-40-23-37(54-10)41(31(7)58-40)38-22-39(55-11)45(63-50-9)32(8)57-38/h13-16,18-20,26-27,29,31-32,34-46,50-51,53H,12,17,21-25H2,1-11H3/b14-13+,28-16+,33-15+/t26-,27-,29-,31-,32-,34+,35-,36-,37-,38+,39-,40?,41?,42+,43-,44+,45+,46+,48+,49+/m0/s1. The van der Waals surface area contributed by atoms with Gasteiger partial charge in [-0.05, 0) is 62.8 Å². The third-order valence-electron chi connectivity index (χ3n) is 15.1. The molecule has 0 amide bonds. The van der Waals surface area contributed by atoms with Crippen LogP contribution in [0.4, 0.5) is 0 Å². The number of fused-ring (bicyclic) bond motifs is 2. The number of allylic oxidation sites excluding steroid dienone is 2. The van der Waals surface area contributed by atoms with Gasteiger partial charge >= 0.3 is 5.97 Å². The molecule has 0 radical (unpaired) electrons. The molecule has 1 aliphatic carbocycles. The quantitative estimate of drug-likeness (QED) is 0.145. The molecule has 1 spiro atoms. The van der Waals surface area contributed by atoms with Crippen LogP contribution in [0.5, 0.6) is 0 Å². The Labute approximate surface area is 374 Å². The number of hydrogen-bond acceptors (Lipinski definition) is 14. The number of aliphatic hydroxyl groups excluding tert-OH is 1. The summed E-state index contributed by atoms with van der Waals surface area (Å²) in [6.07, 6.45) is 11.5. The van der Waals surface area contributed by atoms with E-state index in [4.69, 9.17) is 47.5 Å². The summed E-state index contributed by atoms with van der Waals surface area (Å²) in [7, 11) is 5.17. The second kappa shape index (κ2) is 20.3. The second-order valence-electron chi connectivity index (χ2n) is 19.3. The minimum Gasteiger partial charge on any atom is -0.462 e. The number of carbonyl (C=O) groups is 1. The minimum atomic E-state index is -1.82. The molecule has 354 valence electrons. The molecule has 3 N–H and O–H groups in total. The van der Waals surface area contributed by atoms with Crippen LogP contribution in [-0.2, 0) is 52.3 Å². The van der Waals surface area contributed by atoms with E-state index in [1.54, 1.807) is 40.3 Å². The normalized spacial score (nSPS) is 48.6. The average Bonchev–Trinajstić information content (AvgIpc) is 3.60. The first-order chi connectivity index (χ1) is 30.1. The highest BCUT2D eigenvalue weighted by Crippen LogP contribution is 2.47. The maximum absolute atomic E-state index is 14.4. The summed E-state index contributed by atoms with van der Waals surface area (Å²) in [5.41, 5.74) is 3.00. The number of ether oxygens (including phenoxy) is 9. The minimum absolute atomic E-state index is 0.0438. The SMILES string of the molecule is CC[C@H](C)[C@H]1O[C@]2(C=C[C@@H]1C)C[C@@H]1C[C@@H](C/C=C(\C)[C@@H](OC3C[C@H](OC)C([C@H]4C[C@H](OC)[C@H](ONC)[C@H](C)O4)[C@H](C)O3)[C@@H](C)/C=C/C=C3\CO[C@@H]4[C@H](O)C(C)=C[C@@H](C(=O)O1)[C@]34O)O2. The van der Waals surface area contributed by atoms with E-state index in [0.29, 0.717) is 43.3 Å². The summed E-state index contributed by atoms with van der Waals surface area (Å²) in [5.74, 6) is -2.57. The van der Waals surface area contributed by atoms with E-state index >= 15 is 0 Å². The highest BCUT2D eigenvalue weighted by molar-refractivity contribution is 5.78. The zero-order chi connectivity index (χ0) is 45.4. The molecule has 7 aliphatic rings. The predicted molar refractivity (Wildman–Crippen MR) is 234 cm³/mol. The lowest BCUT2D eigenvalue weighted by Crippen LogP contribution is -2.58. The molecule has 63 heavy (non-hydrogen) atoms. The Kier molecular flexibility index (Phi) is 15.7. The monoisotopic (exact) mass is 886 g/mol. The number of carbonyl (C=O) groups excluding carboxylic acids is 1. The van der Waals surface area contributed by atoms with E-state index in [1.165, 1.54) is 0 Å². The predicted octanol–water partition coefficient (Wildman–Crippen LogP) is 5.81. The molecule has 14 nitrogen and oxygen atoms in total. The average molecular weight is 886 g/mol. The maximum Gasteiger partial charge on any atom is 0.316 e. The molecule has 20 atom stereocenters. The molecule has 0 aromatic heterocycles. The summed E-state index contributed by atoms with van der Waals surface area (Å²) in [6, 6.07) is 0. The Morgan fingerprint density at radius 2 is 1.71 bits per heavy atom. The molecule has 0 aromatic rings. The lowest BCUT2D eigenvalue weighted by Gasteiger charge is -2.48. The van der Waals surface area contributed by atoms with Crippen LogP contribution >= 0.6 is 0 Å². The van der Waals surface area contributed by atoms with Crippen molar-refractivity contribution in [1.29, 1.82) is 0 Å². The van der Waals surface area contributed by atoms with Crippen LogP contribution in [0.25, 0.3) is 0 Å². The van der Waals surface area contributed by atoms with Crippen LogP contribution in [0, 0.1) is 29.6 Å². The summed E-state index contributed by atoms with van der Waals surface area (Å²) in [4.78, 5) is 20.2. The van der Waals surface area contributed by atoms with Crippen LogP contribution < -0.4 is 5.48 Å². The fraction of sp³-hybridized carbons (Fsp3) is 0.776. The topological polar surface area (TPSA) is 162 Å². The van der Waals surface area contributed by atoms with E-state index in [2.05, 4.69) is 59.2 Å². The molecule has 4 fully saturated rings. The number of aliphatic hydroxyl groups is 2. The van der Waals surface area contributed by atoms with Gasteiger partial charge in [-0.25, -0.2) is 5.48 Å². The van der Waals surface area contributed by atoms with Crippen molar-refractivity contribution in [3.8, 4) is 0 Å². The third kappa shape index (κ3) is 9.90. The molecule has 0 saturated carbocycles. The van der Waals surface area contributed by atoms with Crippen molar-refractivity contribution in [3.63, 3.8) is 0 Å². The fourth-order valence-electron chi connectivity index (χ4n) is 11.3. The Balaban J connectivity index is 1.19. The summed E-state index contributed by atoms with van der Waals surface area (Å²) >= 11 is 0. The maximum atomic E-state index is 14.4. The lowest BCUT2D eigenvalue weighted by molar-refractivity contribution is -0.300. The van der Waals surface area contributed by atoms with Crippen LogP contribution in [0.3, 0.4) is 0 Å².